The van der Waals surface area contributed by atoms with Crippen molar-refractivity contribution >= 4 is 28.9 Å². The minimum Gasteiger partial charge on any atom is -0.397 e. The van der Waals surface area contributed by atoms with Crippen molar-refractivity contribution in [2.75, 3.05) is 17.6 Å². The van der Waals surface area contributed by atoms with Gasteiger partial charge >= 0.3 is 0 Å². The van der Waals surface area contributed by atoms with Gasteiger partial charge in [0.1, 0.15) is 0 Å². The van der Waals surface area contributed by atoms with Gasteiger partial charge < -0.3 is 11.1 Å². The Hall–Kier alpha value is -1.26. The number of amides is 1. The summed E-state index contributed by atoms with van der Waals surface area (Å²) >= 11 is 5.87. The smallest absolute Gasteiger partial charge is 0.241 e. The molecule has 1 aliphatic heterocycles. The van der Waals surface area contributed by atoms with Crippen LogP contribution in [0.3, 0.4) is 0 Å². The van der Waals surface area contributed by atoms with Crippen molar-refractivity contribution in [3.05, 3.63) is 23.2 Å². The highest BCUT2D eigenvalue weighted by atomic mass is 35.5. The lowest BCUT2D eigenvalue weighted by Gasteiger charge is -2.39. The Labute approximate surface area is 131 Å². The fourth-order valence-electron chi connectivity index (χ4n) is 3.04. The van der Waals surface area contributed by atoms with Gasteiger partial charge in [-0.15, -0.1) is 0 Å². The number of anilines is 2. The molecule has 0 bridgehead atoms. The van der Waals surface area contributed by atoms with E-state index in [1.165, 1.54) is 0 Å². The number of nitrogen functional groups attached to an aromatic ring is 1. The molecule has 1 fully saturated rings. The molecule has 0 radical (unpaired) electrons. The first-order valence-electron chi connectivity index (χ1n) is 7.50. The van der Waals surface area contributed by atoms with E-state index in [-0.39, 0.29) is 11.9 Å². The van der Waals surface area contributed by atoms with Crippen molar-refractivity contribution in [3.63, 3.8) is 0 Å². The number of hydrogen-bond acceptors (Lipinski definition) is 3. The van der Waals surface area contributed by atoms with Crippen LogP contribution in [0.5, 0.6) is 0 Å². The first kappa shape index (κ1) is 16.1. The molecule has 1 aromatic carbocycles. The van der Waals surface area contributed by atoms with Crippen molar-refractivity contribution in [3.8, 4) is 0 Å². The number of halogens is 1. The first-order chi connectivity index (χ1) is 9.88. The third-order valence-corrected chi connectivity index (χ3v) is 4.57. The molecule has 4 nitrogen and oxygen atoms in total. The SMILES string of the molecule is CC1CCN(C(C)C(=O)Nc2ccc(Cl)cc2N)C(C)C1. The quantitative estimate of drug-likeness (QED) is 0.842. The summed E-state index contributed by atoms with van der Waals surface area (Å²) < 4.78 is 0. The molecule has 2 rings (SSSR count). The van der Waals surface area contributed by atoms with Gasteiger partial charge in [-0.25, -0.2) is 0 Å². The molecule has 0 spiro atoms. The van der Waals surface area contributed by atoms with Crippen molar-refractivity contribution in [1.29, 1.82) is 0 Å². The number of nitrogens with zero attached hydrogens (tertiary/aromatic N) is 1. The van der Waals surface area contributed by atoms with E-state index in [9.17, 15) is 4.79 Å². The largest absolute Gasteiger partial charge is 0.397 e. The fraction of sp³-hybridized carbons (Fsp3) is 0.562. The van der Waals surface area contributed by atoms with Crippen LogP contribution in [-0.2, 0) is 4.79 Å². The molecule has 1 amide bonds. The summed E-state index contributed by atoms with van der Waals surface area (Å²) in [5.74, 6) is 0.712. The molecule has 3 atom stereocenters. The van der Waals surface area contributed by atoms with E-state index in [0.717, 1.165) is 25.3 Å². The van der Waals surface area contributed by atoms with Gasteiger partial charge in [-0.2, -0.15) is 0 Å². The standard InChI is InChI=1S/C16H24ClN3O/c1-10-6-7-20(11(2)8-10)12(3)16(21)19-15-5-4-13(17)9-14(15)18/h4-5,9-12H,6-8,18H2,1-3H3,(H,19,21). The highest BCUT2D eigenvalue weighted by Crippen LogP contribution is 2.26. The normalized spacial score (nSPS) is 24.6. The van der Waals surface area contributed by atoms with Gasteiger partial charge in [-0.1, -0.05) is 18.5 Å². The average Bonchev–Trinajstić information content (AvgIpc) is 2.41. The van der Waals surface area contributed by atoms with Gasteiger partial charge in [0.2, 0.25) is 5.91 Å². The molecule has 116 valence electrons. The van der Waals surface area contributed by atoms with Crippen molar-refractivity contribution in [1.82, 2.24) is 4.90 Å². The third-order valence-electron chi connectivity index (χ3n) is 4.34. The van der Waals surface area contributed by atoms with Gasteiger partial charge in [0.05, 0.1) is 17.4 Å². The van der Waals surface area contributed by atoms with E-state index in [1.54, 1.807) is 18.2 Å². The molecule has 1 aromatic rings. The zero-order valence-electron chi connectivity index (χ0n) is 12.9. The predicted octanol–water partition coefficient (Wildman–Crippen LogP) is 3.37. The maximum atomic E-state index is 12.4. The first-order valence-corrected chi connectivity index (χ1v) is 7.88. The summed E-state index contributed by atoms with van der Waals surface area (Å²) in [4.78, 5) is 14.7. The minimum atomic E-state index is -0.164. The van der Waals surface area contributed by atoms with Crippen LogP contribution in [0.1, 0.15) is 33.6 Å². The van der Waals surface area contributed by atoms with E-state index in [2.05, 4.69) is 24.1 Å². The monoisotopic (exact) mass is 309 g/mol. The lowest BCUT2D eigenvalue weighted by Crippen LogP contribution is -2.50. The number of hydrogen-bond donors (Lipinski definition) is 2. The number of nitrogens with two attached hydrogens (primary N) is 1. The maximum Gasteiger partial charge on any atom is 0.241 e. The molecule has 21 heavy (non-hydrogen) atoms. The summed E-state index contributed by atoms with van der Waals surface area (Å²) in [7, 11) is 0. The molecular formula is C16H24ClN3O. The van der Waals surface area contributed by atoms with Gasteiger partial charge in [0.25, 0.3) is 0 Å². The number of rotatable bonds is 3. The topological polar surface area (TPSA) is 58.4 Å². The molecule has 5 heteroatoms. The van der Waals surface area contributed by atoms with Crippen LogP contribution in [0.25, 0.3) is 0 Å². The second kappa shape index (κ2) is 6.67. The average molecular weight is 310 g/mol. The molecule has 3 unspecified atom stereocenters. The Kier molecular flexibility index (Phi) is 5.12. The summed E-state index contributed by atoms with van der Waals surface area (Å²) in [5.41, 5.74) is 6.99. The van der Waals surface area contributed by atoms with Crippen LogP contribution >= 0.6 is 11.6 Å². The van der Waals surface area contributed by atoms with Gasteiger partial charge in [-0.05, 0) is 57.4 Å². The van der Waals surface area contributed by atoms with Gasteiger partial charge in [-0.3, -0.25) is 9.69 Å². The Morgan fingerprint density at radius 2 is 2.19 bits per heavy atom. The van der Waals surface area contributed by atoms with E-state index < -0.39 is 0 Å². The Morgan fingerprint density at radius 3 is 2.81 bits per heavy atom. The highest BCUT2D eigenvalue weighted by molar-refractivity contribution is 6.31. The van der Waals surface area contributed by atoms with Crippen LogP contribution in [0.15, 0.2) is 18.2 Å². The highest BCUT2D eigenvalue weighted by Gasteiger charge is 2.30. The van der Waals surface area contributed by atoms with Crippen LogP contribution < -0.4 is 11.1 Å². The molecule has 1 heterocycles. The molecule has 1 saturated heterocycles. The lowest BCUT2D eigenvalue weighted by atomic mass is 9.92. The molecule has 3 N–H and O–H groups in total. The number of carbonyl (C=O) groups excluding carboxylic acids is 1. The molecule has 1 aliphatic rings. The number of benzene rings is 1. The molecular weight excluding hydrogens is 286 g/mol. The Balaban J connectivity index is 2.02. The second-order valence-electron chi connectivity index (χ2n) is 6.11. The summed E-state index contributed by atoms with van der Waals surface area (Å²) in [6.07, 6.45) is 2.28. The zero-order valence-corrected chi connectivity index (χ0v) is 13.7. The van der Waals surface area contributed by atoms with Crippen molar-refractivity contribution in [2.45, 2.75) is 45.7 Å². The number of piperidine rings is 1. The van der Waals surface area contributed by atoms with E-state index in [0.29, 0.717) is 22.4 Å². The van der Waals surface area contributed by atoms with E-state index >= 15 is 0 Å². The van der Waals surface area contributed by atoms with Crippen LogP contribution in [-0.4, -0.2) is 29.4 Å². The van der Waals surface area contributed by atoms with Gasteiger partial charge in [0, 0.05) is 11.1 Å². The van der Waals surface area contributed by atoms with Crippen molar-refractivity contribution < 1.29 is 4.79 Å². The van der Waals surface area contributed by atoms with E-state index in [1.807, 2.05) is 6.92 Å². The summed E-state index contributed by atoms with van der Waals surface area (Å²) in [6, 6.07) is 5.38. The van der Waals surface area contributed by atoms with Crippen LogP contribution in [0.4, 0.5) is 11.4 Å². The Morgan fingerprint density at radius 1 is 1.48 bits per heavy atom. The third kappa shape index (κ3) is 3.89. The predicted molar refractivity (Wildman–Crippen MR) is 88.5 cm³/mol. The lowest BCUT2D eigenvalue weighted by molar-refractivity contribution is -0.122. The number of nitrogens with one attached hydrogen (secondary N) is 1. The number of carbonyl (C=O) groups is 1. The summed E-state index contributed by atoms with van der Waals surface area (Å²) in [5, 5.41) is 3.47. The zero-order chi connectivity index (χ0) is 15.6. The molecule has 0 aliphatic carbocycles. The van der Waals surface area contributed by atoms with Crippen molar-refractivity contribution in [2.24, 2.45) is 5.92 Å². The second-order valence-corrected chi connectivity index (χ2v) is 6.55. The molecule has 0 aromatic heterocycles. The van der Waals surface area contributed by atoms with Gasteiger partial charge in [0.15, 0.2) is 0 Å². The van der Waals surface area contributed by atoms with Crippen LogP contribution in [0, 0.1) is 5.92 Å². The number of likely N-dealkylation sites (tertiary alicyclic amines) is 1. The summed E-state index contributed by atoms with van der Waals surface area (Å²) in [6.45, 7) is 7.38. The Bertz CT molecular complexity index is 520. The van der Waals surface area contributed by atoms with Crippen LogP contribution in [0.2, 0.25) is 5.02 Å². The molecule has 0 saturated carbocycles. The maximum absolute atomic E-state index is 12.4. The minimum absolute atomic E-state index is 0.0228. The van der Waals surface area contributed by atoms with E-state index in [4.69, 9.17) is 17.3 Å². The fourth-order valence-corrected chi connectivity index (χ4v) is 3.22.